The topological polar surface area (TPSA) is 50.9 Å². The van der Waals surface area contributed by atoms with Crippen LogP contribution >= 0.6 is 0 Å². The number of phenols is 1. The third-order valence-electron chi connectivity index (χ3n) is 13.7. The first-order valence-corrected chi connectivity index (χ1v) is 24.5. The van der Waals surface area contributed by atoms with Gasteiger partial charge in [0.2, 0.25) is 0 Å². The fourth-order valence-corrected chi connectivity index (χ4v) is 9.35. The Labute approximate surface area is 441 Å². The van der Waals surface area contributed by atoms with Gasteiger partial charge in [-0.3, -0.25) is 9.55 Å². The number of aryl methyl sites for hydroxylation is 2. The van der Waals surface area contributed by atoms with E-state index in [0.717, 1.165) is 72.4 Å². The summed E-state index contributed by atoms with van der Waals surface area (Å²) in [4.78, 5) is 10.6. The molecule has 0 aliphatic heterocycles. The number of rotatable bonds is 7. The third-order valence-corrected chi connectivity index (χ3v) is 13.7. The molecule has 0 unspecified atom stereocenters. The maximum atomic E-state index is 12.8. The third kappa shape index (κ3) is 10.2. The zero-order chi connectivity index (χ0) is 52.6. The number of imidazole rings is 1. The number of hydrogen-bond donors (Lipinski definition) is 1. The van der Waals surface area contributed by atoms with Crippen molar-refractivity contribution in [1.29, 1.82) is 0 Å². The standard InChI is InChI=1S/C66H68N3O.Pt/c1-41-23-25-43(26-24-41)46-31-32-67-57(37-46)48-34-47(35-50(36-48)64(6,7)8)52-21-18-22-58-60(52)68-62(55-38-51(65(9,10)11)39-56(61(55)70)66(12,13)14)69(58)59-33-42(2)53(44-19-16-15-17-20-44)40-54(59)45-27-29-49(30-28-45)63(3,4)5;/h15-33,35-40,70H,1-14H3;/q-1;/i2D3;. The quantitative estimate of drug-likeness (QED) is 0.162. The Balaban J connectivity index is 0.00000729. The molecule has 0 amide bonds. The SMILES string of the molecule is [2H]C([2H])([2H])c1cc(-n2c(-c3cc(C(C)(C)C)cc(C(C)(C)C)c3O)nc3c(-c4[c-]c(-c5cc(-c6ccc(C)cc6)ccn5)cc(C(C)(C)C)c4)cccc32)c(-c2ccc(C(C)(C)C)cc2)cc1-c1ccccc1.[Pt]. The Morgan fingerprint density at radius 1 is 0.521 bits per heavy atom. The first kappa shape index (κ1) is 47.0. The van der Waals surface area contributed by atoms with Crippen LogP contribution in [-0.2, 0) is 42.7 Å². The van der Waals surface area contributed by atoms with Crippen LogP contribution < -0.4 is 0 Å². The summed E-state index contributed by atoms with van der Waals surface area (Å²) in [7, 11) is 0. The smallest absolute Gasteiger partial charge is 0.148 e. The Morgan fingerprint density at radius 2 is 1.14 bits per heavy atom. The van der Waals surface area contributed by atoms with Gasteiger partial charge in [0.25, 0.3) is 0 Å². The van der Waals surface area contributed by atoms with Crippen molar-refractivity contribution in [2.75, 3.05) is 0 Å². The zero-order valence-corrected chi connectivity index (χ0v) is 45.8. The summed E-state index contributed by atoms with van der Waals surface area (Å²) in [6.07, 6.45) is 1.87. The van der Waals surface area contributed by atoms with Crippen LogP contribution in [0.15, 0.2) is 152 Å². The van der Waals surface area contributed by atoms with E-state index in [1.807, 2.05) is 60.8 Å². The van der Waals surface area contributed by atoms with Crippen molar-refractivity contribution in [3.8, 4) is 78.6 Å². The fourth-order valence-electron chi connectivity index (χ4n) is 9.35. The second-order valence-corrected chi connectivity index (χ2v) is 23.2. The fraction of sp³-hybridized carbons (Fsp3) is 0.273. The van der Waals surface area contributed by atoms with E-state index in [1.54, 1.807) is 0 Å². The van der Waals surface area contributed by atoms with E-state index >= 15 is 0 Å². The van der Waals surface area contributed by atoms with E-state index in [0.29, 0.717) is 28.2 Å². The van der Waals surface area contributed by atoms with E-state index < -0.39 is 12.3 Å². The monoisotopic (exact) mass is 1120 g/mol. The van der Waals surface area contributed by atoms with Crippen molar-refractivity contribution in [2.45, 2.75) is 119 Å². The Kier molecular flexibility index (Phi) is 12.6. The van der Waals surface area contributed by atoms with Crippen LogP contribution in [0.25, 0.3) is 83.9 Å². The number of fused-ring (bicyclic) bond motifs is 1. The molecular formula is C66H68N3OPt-. The summed E-state index contributed by atoms with van der Waals surface area (Å²) < 4.78 is 29.4. The van der Waals surface area contributed by atoms with Gasteiger partial charge in [-0.15, -0.1) is 29.3 Å². The van der Waals surface area contributed by atoms with Crippen LogP contribution in [0.3, 0.4) is 0 Å². The number of pyridine rings is 1. The van der Waals surface area contributed by atoms with Gasteiger partial charge in [-0.2, -0.15) is 0 Å². The number of hydrogen-bond acceptors (Lipinski definition) is 3. The number of aromatic nitrogens is 3. The predicted octanol–water partition coefficient (Wildman–Crippen LogP) is 17.7. The molecule has 2 aromatic heterocycles. The Bertz CT molecular complexity index is 3530. The molecule has 5 heteroatoms. The summed E-state index contributed by atoms with van der Waals surface area (Å²) in [6.45, 7) is 25.8. The second-order valence-electron chi connectivity index (χ2n) is 23.2. The number of nitrogens with zero attached hydrogens (tertiary/aromatic N) is 3. The molecule has 9 aromatic rings. The molecule has 0 saturated carbocycles. The number of benzene rings is 7. The second kappa shape index (κ2) is 19.0. The van der Waals surface area contributed by atoms with Crippen LogP contribution in [0.2, 0.25) is 0 Å². The molecule has 0 aliphatic carbocycles. The Morgan fingerprint density at radius 3 is 1.77 bits per heavy atom. The molecule has 9 rings (SSSR count). The predicted molar refractivity (Wildman–Crippen MR) is 296 cm³/mol. The maximum absolute atomic E-state index is 12.8. The average molecular weight is 1120 g/mol. The molecule has 7 aromatic carbocycles. The molecule has 0 fully saturated rings. The zero-order valence-electron chi connectivity index (χ0n) is 46.5. The van der Waals surface area contributed by atoms with Crippen LogP contribution in [0, 0.1) is 19.8 Å². The van der Waals surface area contributed by atoms with Gasteiger partial charge in [-0.25, -0.2) is 4.98 Å². The van der Waals surface area contributed by atoms with Crippen molar-refractivity contribution in [3.05, 3.63) is 191 Å². The van der Waals surface area contributed by atoms with Crippen molar-refractivity contribution >= 4 is 11.0 Å². The minimum Gasteiger partial charge on any atom is -0.507 e. The first-order valence-electron chi connectivity index (χ1n) is 26.0. The number of phenolic OH excluding ortho intramolecular Hbond substituents is 1. The van der Waals surface area contributed by atoms with Gasteiger partial charge in [0.1, 0.15) is 11.6 Å². The molecule has 1 N–H and O–H groups in total. The van der Waals surface area contributed by atoms with Crippen molar-refractivity contribution in [1.82, 2.24) is 14.5 Å². The average Bonchev–Trinajstić information content (AvgIpc) is 3.72. The van der Waals surface area contributed by atoms with Gasteiger partial charge in [0, 0.05) is 48.2 Å². The van der Waals surface area contributed by atoms with E-state index in [9.17, 15) is 5.11 Å². The van der Waals surface area contributed by atoms with E-state index in [4.69, 9.17) is 14.1 Å². The maximum Gasteiger partial charge on any atom is 0.148 e. The van der Waals surface area contributed by atoms with Gasteiger partial charge >= 0.3 is 0 Å². The van der Waals surface area contributed by atoms with Gasteiger partial charge < -0.3 is 5.11 Å². The minimum atomic E-state index is -2.49. The molecule has 71 heavy (non-hydrogen) atoms. The normalized spacial score (nSPS) is 13.1. The van der Waals surface area contributed by atoms with E-state index in [-0.39, 0.29) is 48.6 Å². The van der Waals surface area contributed by atoms with Crippen LogP contribution in [0.1, 0.15) is 121 Å². The molecule has 4 nitrogen and oxygen atoms in total. The molecule has 2 heterocycles. The summed E-state index contributed by atoms with van der Waals surface area (Å²) in [5.74, 6) is 0.627. The van der Waals surface area contributed by atoms with E-state index in [1.165, 1.54) is 11.1 Å². The molecule has 0 atom stereocenters. The van der Waals surface area contributed by atoms with Crippen LogP contribution in [0.4, 0.5) is 0 Å². The van der Waals surface area contributed by atoms with Gasteiger partial charge in [-0.05, 0) is 110 Å². The summed E-state index contributed by atoms with van der Waals surface area (Å²) in [6, 6.07) is 53.6. The molecule has 0 spiro atoms. The van der Waals surface area contributed by atoms with E-state index in [2.05, 4.69) is 192 Å². The van der Waals surface area contributed by atoms with Crippen molar-refractivity contribution < 1.29 is 30.3 Å². The van der Waals surface area contributed by atoms with Crippen LogP contribution in [-0.4, -0.2) is 19.6 Å². The van der Waals surface area contributed by atoms with Crippen LogP contribution in [0.5, 0.6) is 5.75 Å². The molecular weight excluding hydrogens is 1050 g/mol. The Hall–Kier alpha value is -6.35. The van der Waals surface area contributed by atoms with Gasteiger partial charge in [-0.1, -0.05) is 203 Å². The van der Waals surface area contributed by atoms with Gasteiger partial charge in [0.05, 0.1) is 22.3 Å². The molecule has 364 valence electrons. The van der Waals surface area contributed by atoms with Crippen molar-refractivity contribution in [2.24, 2.45) is 0 Å². The molecule has 0 aliphatic rings. The number of aromatic hydroxyl groups is 1. The number of para-hydroxylation sites is 1. The first-order chi connectivity index (χ1) is 34.2. The molecule has 0 radical (unpaired) electrons. The minimum absolute atomic E-state index is 0. The summed E-state index contributed by atoms with van der Waals surface area (Å²) >= 11 is 0. The largest absolute Gasteiger partial charge is 0.507 e. The molecule has 0 saturated heterocycles. The molecule has 0 bridgehead atoms. The van der Waals surface area contributed by atoms with Crippen molar-refractivity contribution in [3.63, 3.8) is 0 Å². The summed E-state index contributed by atoms with van der Waals surface area (Å²) in [5.41, 5.74) is 15.8. The van der Waals surface area contributed by atoms with Gasteiger partial charge in [0.15, 0.2) is 0 Å². The summed E-state index contributed by atoms with van der Waals surface area (Å²) in [5, 5.41) is 12.8.